The topological polar surface area (TPSA) is 66.5 Å². The lowest BCUT2D eigenvalue weighted by atomic mass is 9.97. The van der Waals surface area contributed by atoms with Crippen LogP contribution in [0.2, 0.25) is 5.02 Å². The molecule has 0 saturated carbocycles. The van der Waals surface area contributed by atoms with E-state index in [1.54, 1.807) is 32.0 Å². The van der Waals surface area contributed by atoms with E-state index < -0.39 is 28.0 Å². The molecule has 168 valence electrons. The van der Waals surface area contributed by atoms with Crippen molar-refractivity contribution in [2.75, 3.05) is 10.6 Å². The highest BCUT2D eigenvalue weighted by Gasteiger charge is 2.32. The molecule has 0 bridgehead atoms. The number of rotatable bonds is 7. The van der Waals surface area contributed by atoms with Crippen LogP contribution in [0, 0.1) is 13.8 Å². The smallest absolute Gasteiger partial charge is 0.244 e. The fourth-order valence-corrected chi connectivity index (χ4v) is 5.02. The Balaban J connectivity index is 1.98. The van der Waals surface area contributed by atoms with Crippen LogP contribution >= 0.6 is 11.6 Å². The largest absolute Gasteiger partial charge is 0.343 e. The highest BCUT2D eigenvalue weighted by Crippen LogP contribution is 2.29. The average molecular weight is 471 g/mol. The van der Waals surface area contributed by atoms with Crippen molar-refractivity contribution in [3.8, 4) is 0 Å². The van der Waals surface area contributed by atoms with Crippen molar-refractivity contribution in [3.63, 3.8) is 0 Å². The van der Waals surface area contributed by atoms with Crippen LogP contribution in [-0.2, 0) is 14.8 Å². The molecule has 3 aromatic carbocycles. The molecule has 0 heterocycles. The quantitative estimate of drug-likeness (QED) is 0.527. The summed E-state index contributed by atoms with van der Waals surface area (Å²) in [5.74, 6) is -0.413. The number of nitrogens with zero attached hydrogens (tertiary/aromatic N) is 1. The monoisotopic (exact) mass is 470 g/mol. The Kier molecular flexibility index (Phi) is 7.26. The number of aryl methyl sites for hydroxylation is 2. The van der Waals surface area contributed by atoms with E-state index in [0.29, 0.717) is 16.3 Å². The third kappa shape index (κ3) is 5.50. The fourth-order valence-electron chi connectivity index (χ4n) is 3.63. The van der Waals surface area contributed by atoms with Crippen molar-refractivity contribution in [2.24, 2.45) is 0 Å². The van der Waals surface area contributed by atoms with E-state index in [-0.39, 0.29) is 0 Å². The summed E-state index contributed by atoms with van der Waals surface area (Å²) >= 11 is 6.13. The van der Waals surface area contributed by atoms with Gasteiger partial charge in [-0.05, 0) is 49.6 Å². The van der Waals surface area contributed by atoms with Gasteiger partial charge in [0.05, 0.1) is 18.0 Å². The van der Waals surface area contributed by atoms with Crippen molar-refractivity contribution < 1.29 is 13.2 Å². The summed E-state index contributed by atoms with van der Waals surface area (Å²) in [6.45, 7) is 5.36. The van der Waals surface area contributed by atoms with E-state index in [0.717, 1.165) is 27.3 Å². The third-order valence-electron chi connectivity index (χ3n) is 5.33. The van der Waals surface area contributed by atoms with Crippen molar-refractivity contribution in [1.82, 2.24) is 5.32 Å². The number of carbonyl (C=O) groups is 1. The lowest BCUT2D eigenvalue weighted by molar-refractivity contribution is -0.122. The van der Waals surface area contributed by atoms with E-state index in [2.05, 4.69) is 5.32 Å². The zero-order chi connectivity index (χ0) is 23.5. The Labute approximate surface area is 195 Å². The molecule has 0 fully saturated rings. The first-order valence-electron chi connectivity index (χ1n) is 10.3. The molecule has 0 aliphatic rings. The highest BCUT2D eigenvalue weighted by molar-refractivity contribution is 7.92. The number of hydrogen-bond donors (Lipinski definition) is 1. The number of hydrogen-bond acceptors (Lipinski definition) is 3. The highest BCUT2D eigenvalue weighted by atomic mass is 35.5. The zero-order valence-electron chi connectivity index (χ0n) is 18.5. The second-order valence-electron chi connectivity index (χ2n) is 7.93. The maximum atomic E-state index is 13.4. The Hall–Kier alpha value is -2.83. The summed E-state index contributed by atoms with van der Waals surface area (Å²) in [5.41, 5.74) is 4.01. The zero-order valence-corrected chi connectivity index (χ0v) is 20.1. The third-order valence-corrected chi connectivity index (χ3v) is 6.79. The van der Waals surface area contributed by atoms with Crippen LogP contribution in [-0.4, -0.2) is 26.6 Å². The second-order valence-corrected chi connectivity index (χ2v) is 10.2. The molecule has 32 heavy (non-hydrogen) atoms. The fraction of sp³-hybridized carbons (Fsp3) is 0.240. The molecule has 0 saturated heterocycles. The predicted octanol–water partition coefficient (Wildman–Crippen LogP) is 5.02. The molecule has 0 spiro atoms. The first-order valence-corrected chi connectivity index (χ1v) is 12.5. The summed E-state index contributed by atoms with van der Waals surface area (Å²) in [5, 5.41) is 3.44. The molecule has 1 amide bonds. The molecule has 0 aromatic heterocycles. The van der Waals surface area contributed by atoms with Gasteiger partial charge in [0, 0.05) is 5.02 Å². The minimum absolute atomic E-state index is 0.384. The van der Waals surface area contributed by atoms with Crippen LogP contribution in [0.25, 0.3) is 0 Å². The van der Waals surface area contributed by atoms with Crippen molar-refractivity contribution >= 4 is 33.2 Å². The van der Waals surface area contributed by atoms with E-state index in [1.165, 1.54) is 0 Å². The van der Waals surface area contributed by atoms with Crippen LogP contribution < -0.4 is 9.62 Å². The molecule has 0 aliphatic carbocycles. The number of amides is 1. The molecule has 3 rings (SSSR count). The standard InChI is InChI=1S/C25H27ClN2O3S/c1-17-10-13-21(14-11-17)24(20-8-6-5-7-9-20)27-25(29)19(3)28(32(4,30)31)23-16-22(26)15-12-18(23)2/h5-16,19,24H,1-4H3,(H,27,29)/t19-,24-/m0/s1. The van der Waals surface area contributed by atoms with Gasteiger partial charge in [-0.3, -0.25) is 9.10 Å². The molecule has 5 nitrogen and oxygen atoms in total. The van der Waals surface area contributed by atoms with Gasteiger partial charge < -0.3 is 5.32 Å². The normalized spacial score (nSPS) is 13.3. The molecular formula is C25H27ClN2O3S. The van der Waals surface area contributed by atoms with Gasteiger partial charge in [0.15, 0.2) is 0 Å². The summed E-state index contributed by atoms with van der Waals surface area (Å²) in [4.78, 5) is 13.4. The van der Waals surface area contributed by atoms with Gasteiger partial charge in [0.25, 0.3) is 0 Å². The Bertz CT molecular complexity index is 1200. The van der Waals surface area contributed by atoms with Gasteiger partial charge in [-0.25, -0.2) is 8.42 Å². The molecule has 2 atom stereocenters. The summed E-state index contributed by atoms with van der Waals surface area (Å²) in [6, 6.07) is 21.1. The van der Waals surface area contributed by atoms with Crippen molar-refractivity contribution in [1.29, 1.82) is 0 Å². The van der Waals surface area contributed by atoms with Gasteiger partial charge in [-0.2, -0.15) is 0 Å². The van der Waals surface area contributed by atoms with Crippen LogP contribution in [0.3, 0.4) is 0 Å². The van der Waals surface area contributed by atoms with Crippen LogP contribution in [0.4, 0.5) is 5.69 Å². The van der Waals surface area contributed by atoms with Crippen LogP contribution in [0.15, 0.2) is 72.8 Å². The molecule has 7 heteroatoms. The van der Waals surface area contributed by atoms with Gasteiger partial charge in [-0.1, -0.05) is 77.8 Å². The minimum atomic E-state index is -3.76. The molecule has 1 N–H and O–H groups in total. The number of halogens is 1. The van der Waals surface area contributed by atoms with Gasteiger partial charge in [-0.15, -0.1) is 0 Å². The molecule has 0 aliphatic heterocycles. The van der Waals surface area contributed by atoms with Crippen molar-refractivity contribution in [3.05, 3.63) is 100 Å². The van der Waals surface area contributed by atoms with Gasteiger partial charge in [0.1, 0.15) is 6.04 Å². The van der Waals surface area contributed by atoms with E-state index in [9.17, 15) is 13.2 Å². The van der Waals surface area contributed by atoms with Crippen LogP contribution in [0.1, 0.15) is 35.2 Å². The summed E-state index contributed by atoms with van der Waals surface area (Å²) in [6.07, 6.45) is 1.09. The summed E-state index contributed by atoms with van der Waals surface area (Å²) in [7, 11) is -3.76. The number of benzene rings is 3. The maximum Gasteiger partial charge on any atom is 0.244 e. The first-order chi connectivity index (χ1) is 15.1. The Morgan fingerprint density at radius 1 is 0.938 bits per heavy atom. The van der Waals surface area contributed by atoms with E-state index in [1.807, 2.05) is 61.5 Å². The van der Waals surface area contributed by atoms with Crippen molar-refractivity contribution in [2.45, 2.75) is 32.9 Å². The molecule has 0 radical (unpaired) electrons. The lowest BCUT2D eigenvalue weighted by Crippen LogP contribution is -2.49. The number of nitrogens with one attached hydrogen (secondary N) is 1. The number of carbonyl (C=O) groups excluding carboxylic acids is 1. The average Bonchev–Trinajstić information content (AvgIpc) is 2.75. The van der Waals surface area contributed by atoms with E-state index >= 15 is 0 Å². The predicted molar refractivity (Wildman–Crippen MR) is 131 cm³/mol. The number of anilines is 1. The van der Waals surface area contributed by atoms with E-state index in [4.69, 9.17) is 11.6 Å². The van der Waals surface area contributed by atoms with Gasteiger partial charge in [0.2, 0.25) is 15.9 Å². The first kappa shape index (κ1) is 23.8. The van der Waals surface area contributed by atoms with Gasteiger partial charge >= 0.3 is 0 Å². The molecule has 3 aromatic rings. The number of sulfonamides is 1. The molecule has 0 unspecified atom stereocenters. The summed E-state index contributed by atoms with van der Waals surface area (Å²) < 4.78 is 26.5. The molecular weight excluding hydrogens is 444 g/mol. The Morgan fingerprint density at radius 3 is 2.12 bits per heavy atom. The second kappa shape index (κ2) is 9.76. The Morgan fingerprint density at radius 2 is 1.53 bits per heavy atom. The maximum absolute atomic E-state index is 13.4. The lowest BCUT2D eigenvalue weighted by Gasteiger charge is -2.31. The SMILES string of the molecule is Cc1ccc([C@@H](NC(=O)[C@H](C)N(c2cc(Cl)ccc2C)S(C)(=O)=O)c2ccccc2)cc1. The minimum Gasteiger partial charge on any atom is -0.343 e. The van der Waals surface area contributed by atoms with Crippen LogP contribution in [0.5, 0.6) is 0 Å².